The van der Waals surface area contributed by atoms with Gasteiger partial charge in [-0.2, -0.15) is 0 Å². The predicted molar refractivity (Wildman–Crippen MR) is 97.4 cm³/mol. The van der Waals surface area contributed by atoms with Gasteiger partial charge < -0.3 is 10.2 Å². The molecule has 128 valence electrons. The van der Waals surface area contributed by atoms with Gasteiger partial charge in [0.25, 0.3) is 0 Å². The van der Waals surface area contributed by atoms with E-state index in [4.69, 9.17) is 0 Å². The minimum Gasteiger partial charge on any atom is -0.479 e. The van der Waals surface area contributed by atoms with Crippen molar-refractivity contribution in [2.75, 3.05) is 5.75 Å². The first-order valence-electron chi connectivity index (χ1n) is 7.79. The summed E-state index contributed by atoms with van der Waals surface area (Å²) in [6, 6.07) is 19.1. The Hall–Kier alpha value is -2.37. The van der Waals surface area contributed by atoms with E-state index in [9.17, 15) is 19.4 Å². The van der Waals surface area contributed by atoms with Crippen molar-refractivity contribution in [3.05, 3.63) is 78.1 Å². The topological polar surface area (TPSA) is 57.5 Å². The second kappa shape index (κ2) is 7.25. The summed E-state index contributed by atoms with van der Waals surface area (Å²) in [6.45, 7) is 0. The van der Waals surface area contributed by atoms with Gasteiger partial charge in [0.15, 0.2) is 5.60 Å². The monoisotopic (exact) mass is 356 g/mol. The summed E-state index contributed by atoms with van der Waals surface area (Å²) in [7, 11) is 0. The number of thioether (sulfide) groups is 1. The average Bonchev–Trinajstić information content (AvgIpc) is 2.61. The number of fused-ring (bicyclic) bond motifs is 1. The van der Waals surface area contributed by atoms with Crippen LogP contribution in [0.15, 0.2) is 71.6 Å². The lowest BCUT2D eigenvalue weighted by Crippen LogP contribution is -2.43. The molecular weight excluding hydrogens is 339 g/mol. The van der Waals surface area contributed by atoms with Gasteiger partial charge in [0, 0.05) is 17.1 Å². The molecule has 0 aliphatic heterocycles. The van der Waals surface area contributed by atoms with Gasteiger partial charge in [0.2, 0.25) is 0 Å². The van der Waals surface area contributed by atoms with E-state index in [1.54, 1.807) is 12.1 Å². The SMILES string of the molecule is O=C(O)[C@@](O)(CSc1ccc(F)cc1)Cc1cccc2ccccc12. The second-order valence-corrected chi connectivity index (χ2v) is 6.94. The summed E-state index contributed by atoms with van der Waals surface area (Å²) in [4.78, 5) is 12.4. The Morgan fingerprint density at radius 2 is 1.68 bits per heavy atom. The normalized spacial score (nSPS) is 13.5. The Balaban J connectivity index is 1.84. The molecule has 3 aromatic carbocycles. The fourth-order valence-corrected chi connectivity index (χ4v) is 3.64. The smallest absolute Gasteiger partial charge is 0.336 e. The average molecular weight is 356 g/mol. The zero-order valence-corrected chi connectivity index (χ0v) is 14.2. The van der Waals surface area contributed by atoms with Crippen molar-refractivity contribution in [2.45, 2.75) is 16.9 Å². The lowest BCUT2D eigenvalue weighted by Gasteiger charge is -2.24. The number of benzene rings is 3. The van der Waals surface area contributed by atoms with Gasteiger partial charge in [-0.15, -0.1) is 11.8 Å². The van der Waals surface area contributed by atoms with Crippen molar-refractivity contribution >= 4 is 28.5 Å². The van der Waals surface area contributed by atoms with Gasteiger partial charge in [0.05, 0.1) is 0 Å². The number of rotatable bonds is 6. The number of aliphatic hydroxyl groups is 1. The summed E-state index contributed by atoms with van der Waals surface area (Å²) >= 11 is 1.19. The zero-order chi connectivity index (χ0) is 17.9. The summed E-state index contributed by atoms with van der Waals surface area (Å²) in [6.07, 6.45) is -0.00210. The van der Waals surface area contributed by atoms with Crippen molar-refractivity contribution in [3.8, 4) is 0 Å². The van der Waals surface area contributed by atoms with E-state index < -0.39 is 11.6 Å². The first-order valence-corrected chi connectivity index (χ1v) is 8.77. The van der Waals surface area contributed by atoms with Crippen molar-refractivity contribution < 1.29 is 19.4 Å². The summed E-state index contributed by atoms with van der Waals surface area (Å²) in [5, 5.41) is 22.2. The van der Waals surface area contributed by atoms with E-state index in [1.807, 2.05) is 42.5 Å². The quantitative estimate of drug-likeness (QED) is 0.652. The molecule has 0 unspecified atom stereocenters. The van der Waals surface area contributed by atoms with Crippen LogP contribution in [0.4, 0.5) is 4.39 Å². The molecule has 0 amide bonds. The van der Waals surface area contributed by atoms with E-state index in [0.29, 0.717) is 4.90 Å². The molecule has 25 heavy (non-hydrogen) atoms. The summed E-state index contributed by atoms with van der Waals surface area (Å²) < 4.78 is 13.0. The molecule has 1 atom stereocenters. The molecule has 0 heterocycles. The number of carboxylic acids is 1. The van der Waals surface area contributed by atoms with Crippen LogP contribution in [0.5, 0.6) is 0 Å². The highest BCUT2D eigenvalue weighted by Gasteiger charge is 2.36. The van der Waals surface area contributed by atoms with Crippen LogP contribution in [0.3, 0.4) is 0 Å². The predicted octanol–water partition coefficient (Wildman–Crippen LogP) is 4.13. The molecule has 0 aliphatic rings. The maximum absolute atomic E-state index is 13.0. The highest BCUT2D eigenvalue weighted by atomic mass is 32.2. The van der Waals surface area contributed by atoms with E-state index in [0.717, 1.165) is 16.3 Å². The van der Waals surface area contributed by atoms with E-state index in [-0.39, 0.29) is 18.0 Å². The Morgan fingerprint density at radius 3 is 2.40 bits per heavy atom. The molecule has 3 rings (SSSR count). The highest BCUT2D eigenvalue weighted by molar-refractivity contribution is 7.99. The van der Waals surface area contributed by atoms with Crippen LogP contribution in [0.1, 0.15) is 5.56 Å². The molecular formula is C20H17FO3S. The third-order valence-corrected chi connectivity index (χ3v) is 5.28. The standard InChI is InChI=1S/C20H17FO3S/c21-16-8-10-17(11-9-16)25-13-20(24,19(22)23)12-15-6-3-5-14-4-1-2-7-18(14)15/h1-11,24H,12-13H2,(H,22,23)/t20-/m0/s1. The molecule has 0 spiro atoms. The maximum atomic E-state index is 13.0. The molecule has 0 saturated carbocycles. The Labute approximate surface area is 149 Å². The number of carboxylic acid groups (broad SMARTS) is 1. The molecule has 5 heteroatoms. The van der Waals surface area contributed by atoms with Crippen molar-refractivity contribution in [3.63, 3.8) is 0 Å². The van der Waals surface area contributed by atoms with Crippen LogP contribution in [0, 0.1) is 5.82 Å². The van der Waals surface area contributed by atoms with Gasteiger partial charge >= 0.3 is 5.97 Å². The van der Waals surface area contributed by atoms with Crippen molar-refractivity contribution in [2.24, 2.45) is 0 Å². The van der Waals surface area contributed by atoms with Crippen LogP contribution < -0.4 is 0 Å². The minimum atomic E-state index is -1.91. The molecule has 0 radical (unpaired) electrons. The van der Waals surface area contributed by atoms with Crippen LogP contribution in [-0.4, -0.2) is 27.5 Å². The van der Waals surface area contributed by atoms with Crippen LogP contribution in [0.25, 0.3) is 10.8 Å². The molecule has 0 aromatic heterocycles. The minimum absolute atomic E-state index is 0.00210. The van der Waals surface area contributed by atoms with Gasteiger partial charge in [-0.25, -0.2) is 9.18 Å². The summed E-state index contributed by atoms with van der Waals surface area (Å²) in [5.41, 5.74) is -1.13. The zero-order valence-electron chi connectivity index (χ0n) is 13.4. The third kappa shape index (κ3) is 4.00. The van der Waals surface area contributed by atoms with Crippen LogP contribution in [0.2, 0.25) is 0 Å². The lowest BCUT2D eigenvalue weighted by atomic mass is 9.93. The fourth-order valence-electron chi connectivity index (χ4n) is 2.68. The first kappa shape index (κ1) is 17.5. The van der Waals surface area contributed by atoms with Crippen LogP contribution >= 0.6 is 11.8 Å². The van der Waals surface area contributed by atoms with Gasteiger partial charge in [-0.3, -0.25) is 0 Å². The molecule has 2 N–H and O–H groups in total. The molecule has 0 saturated heterocycles. The van der Waals surface area contributed by atoms with E-state index in [1.165, 1.54) is 23.9 Å². The summed E-state index contributed by atoms with van der Waals surface area (Å²) in [5.74, 6) is -1.65. The van der Waals surface area contributed by atoms with Gasteiger partial charge in [0.1, 0.15) is 5.82 Å². The molecule has 3 aromatic rings. The Morgan fingerprint density at radius 1 is 1.00 bits per heavy atom. The second-order valence-electron chi connectivity index (χ2n) is 5.89. The number of carbonyl (C=O) groups is 1. The molecule has 0 aliphatic carbocycles. The largest absolute Gasteiger partial charge is 0.479 e. The van der Waals surface area contributed by atoms with E-state index in [2.05, 4.69) is 0 Å². The Kier molecular flexibility index (Phi) is 5.06. The van der Waals surface area contributed by atoms with Gasteiger partial charge in [-0.1, -0.05) is 42.5 Å². The Bertz CT molecular complexity index is 890. The third-order valence-electron chi connectivity index (χ3n) is 4.05. The number of halogens is 1. The molecule has 0 fully saturated rings. The first-order chi connectivity index (χ1) is 12.0. The number of hydrogen-bond acceptors (Lipinski definition) is 3. The maximum Gasteiger partial charge on any atom is 0.336 e. The van der Waals surface area contributed by atoms with Gasteiger partial charge in [-0.05, 0) is 40.6 Å². The number of hydrogen-bond donors (Lipinski definition) is 2. The molecule has 0 bridgehead atoms. The lowest BCUT2D eigenvalue weighted by molar-refractivity contribution is -0.155. The molecule has 3 nitrogen and oxygen atoms in total. The van der Waals surface area contributed by atoms with Crippen molar-refractivity contribution in [1.82, 2.24) is 0 Å². The highest BCUT2D eigenvalue weighted by Crippen LogP contribution is 2.28. The van der Waals surface area contributed by atoms with E-state index >= 15 is 0 Å². The van der Waals surface area contributed by atoms with Crippen molar-refractivity contribution in [1.29, 1.82) is 0 Å². The fraction of sp³-hybridized carbons (Fsp3) is 0.150. The van der Waals surface area contributed by atoms with Crippen LogP contribution in [-0.2, 0) is 11.2 Å². The number of aliphatic carboxylic acids is 1.